The highest BCUT2D eigenvalue weighted by atomic mass is 19.1. The minimum absolute atomic E-state index is 0.257. The average Bonchev–Trinajstić information content (AvgIpc) is 3.09. The fourth-order valence-electron chi connectivity index (χ4n) is 2.54. The molecule has 1 aliphatic rings. The molecule has 4 nitrogen and oxygen atoms in total. The Hall–Kier alpha value is -1.88. The van der Waals surface area contributed by atoms with E-state index in [9.17, 15) is 4.39 Å². The average molecular weight is 261 g/mol. The van der Waals surface area contributed by atoms with Crippen LogP contribution in [0.4, 0.5) is 4.39 Å². The summed E-state index contributed by atoms with van der Waals surface area (Å²) in [6.07, 6.45) is 4.68. The van der Waals surface area contributed by atoms with Crippen LogP contribution in [-0.4, -0.2) is 29.8 Å². The minimum atomic E-state index is -0.357. The second-order valence-electron chi connectivity index (χ2n) is 4.70. The van der Waals surface area contributed by atoms with Crippen LogP contribution < -0.4 is 10.1 Å². The maximum Gasteiger partial charge on any atom is 0.167 e. The lowest BCUT2D eigenvalue weighted by molar-refractivity contribution is 0.386. The molecule has 1 aromatic heterocycles. The van der Waals surface area contributed by atoms with Gasteiger partial charge in [0.15, 0.2) is 11.6 Å². The van der Waals surface area contributed by atoms with Crippen LogP contribution in [0.25, 0.3) is 5.69 Å². The predicted octanol–water partition coefficient (Wildman–Crippen LogP) is 2.10. The Labute approximate surface area is 111 Å². The summed E-state index contributed by atoms with van der Waals surface area (Å²) in [7, 11) is 1.46. The van der Waals surface area contributed by atoms with Gasteiger partial charge in [-0.3, -0.25) is 0 Å². The third-order valence-corrected chi connectivity index (χ3v) is 3.56. The summed E-state index contributed by atoms with van der Waals surface area (Å²) < 4.78 is 20.7. The van der Waals surface area contributed by atoms with E-state index in [1.54, 1.807) is 12.4 Å². The smallest absolute Gasteiger partial charge is 0.167 e. The Morgan fingerprint density at radius 2 is 2.37 bits per heavy atom. The van der Waals surface area contributed by atoms with E-state index in [1.165, 1.54) is 13.2 Å². The first-order chi connectivity index (χ1) is 9.29. The number of nitrogens with one attached hydrogen (secondary N) is 1. The van der Waals surface area contributed by atoms with Crippen molar-refractivity contribution < 1.29 is 9.13 Å². The minimum Gasteiger partial charge on any atom is -0.494 e. The predicted molar refractivity (Wildman–Crippen MR) is 70.3 cm³/mol. The monoisotopic (exact) mass is 261 g/mol. The molecule has 19 heavy (non-hydrogen) atoms. The molecule has 1 atom stereocenters. The Morgan fingerprint density at radius 3 is 3.05 bits per heavy atom. The molecule has 1 fully saturated rings. The number of nitrogens with zero attached hydrogens (tertiary/aromatic N) is 2. The highest BCUT2D eigenvalue weighted by Crippen LogP contribution is 2.26. The summed E-state index contributed by atoms with van der Waals surface area (Å²) >= 11 is 0. The van der Waals surface area contributed by atoms with Crippen LogP contribution in [0.1, 0.15) is 18.0 Å². The molecule has 2 aromatic rings. The fourth-order valence-corrected chi connectivity index (χ4v) is 2.54. The van der Waals surface area contributed by atoms with Crippen LogP contribution in [0.5, 0.6) is 5.75 Å². The first kappa shape index (κ1) is 12.2. The van der Waals surface area contributed by atoms with Crippen LogP contribution in [0.3, 0.4) is 0 Å². The van der Waals surface area contributed by atoms with Crippen LogP contribution in [0, 0.1) is 5.82 Å². The van der Waals surface area contributed by atoms with E-state index in [0.717, 1.165) is 30.9 Å². The van der Waals surface area contributed by atoms with Crippen molar-refractivity contribution in [1.82, 2.24) is 14.9 Å². The number of hydrogen-bond donors (Lipinski definition) is 1. The van der Waals surface area contributed by atoms with Gasteiger partial charge in [-0.1, -0.05) is 0 Å². The molecular weight excluding hydrogens is 245 g/mol. The first-order valence-electron chi connectivity index (χ1n) is 6.36. The van der Waals surface area contributed by atoms with Crippen molar-refractivity contribution in [3.8, 4) is 11.4 Å². The summed E-state index contributed by atoms with van der Waals surface area (Å²) in [5, 5.41) is 3.33. The number of imidazole rings is 1. The standard InChI is InChI=1S/C14H16FN3O/c1-19-14-3-2-11(6-12(14)15)18-9-17-8-13(18)10-4-5-16-7-10/h2-3,6,8-10,16H,4-5,7H2,1H3. The lowest BCUT2D eigenvalue weighted by Gasteiger charge is -2.13. The van der Waals surface area contributed by atoms with E-state index in [2.05, 4.69) is 10.3 Å². The Morgan fingerprint density at radius 1 is 1.47 bits per heavy atom. The van der Waals surface area contributed by atoms with Gasteiger partial charge >= 0.3 is 0 Å². The molecule has 1 aromatic carbocycles. The number of methoxy groups -OCH3 is 1. The van der Waals surface area contributed by atoms with Gasteiger partial charge in [-0.05, 0) is 25.1 Å². The molecule has 1 saturated heterocycles. The molecule has 0 spiro atoms. The van der Waals surface area contributed by atoms with Gasteiger partial charge in [-0.15, -0.1) is 0 Å². The number of aromatic nitrogens is 2. The molecular formula is C14H16FN3O. The third-order valence-electron chi connectivity index (χ3n) is 3.56. The van der Waals surface area contributed by atoms with E-state index in [1.807, 2.05) is 16.8 Å². The summed E-state index contributed by atoms with van der Waals surface area (Å²) in [4.78, 5) is 4.20. The Bertz CT molecular complexity index is 576. The summed E-state index contributed by atoms with van der Waals surface area (Å²) in [6.45, 7) is 1.97. The van der Waals surface area contributed by atoms with Gasteiger partial charge in [0.1, 0.15) is 0 Å². The van der Waals surface area contributed by atoms with E-state index in [4.69, 9.17) is 4.74 Å². The highest BCUT2D eigenvalue weighted by molar-refractivity contribution is 5.40. The summed E-state index contributed by atoms with van der Waals surface area (Å²) in [5.41, 5.74) is 1.90. The second-order valence-corrected chi connectivity index (χ2v) is 4.70. The number of rotatable bonds is 3. The molecule has 1 N–H and O–H groups in total. The first-order valence-corrected chi connectivity index (χ1v) is 6.36. The van der Waals surface area contributed by atoms with Crippen LogP contribution in [0.15, 0.2) is 30.7 Å². The lowest BCUT2D eigenvalue weighted by Crippen LogP contribution is -2.10. The van der Waals surface area contributed by atoms with Crippen LogP contribution >= 0.6 is 0 Å². The van der Waals surface area contributed by atoms with Crippen molar-refractivity contribution in [1.29, 1.82) is 0 Å². The normalized spacial score (nSPS) is 18.7. The molecule has 100 valence electrons. The molecule has 2 heterocycles. The summed E-state index contributed by atoms with van der Waals surface area (Å²) in [5.74, 6) is 0.338. The SMILES string of the molecule is COc1ccc(-n2cncc2C2CCNC2)cc1F. The van der Waals surface area contributed by atoms with Crippen LogP contribution in [-0.2, 0) is 0 Å². The van der Waals surface area contributed by atoms with Crippen molar-refractivity contribution in [3.63, 3.8) is 0 Å². The van der Waals surface area contributed by atoms with Crippen molar-refractivity contribution in [3.05, 3.63) is 42.2 Å². The van der Waals surface area contributed by atoms with Crippen molar-refractivity contribution in [2.24, 2.45) is 0 Å². The molecule has 0 amide bonds. The van der Waals surface area contributed by atoms with Gasteiger partial charge in [0.25, 0.3) is 0 Å². The molecule has 0 radical (unpaired) electrons. The number of benzene rings is 1. The van der Waals surface area contributed by atoms with E-state index in [0.29, 0.717) is 5.92 Å². The maximum absolute atomic E-state index is 13.8. The molecule has 0 bridgehead atoms. The molecule has 0 aliphatic carbocycles. The van der Waals surface area contributed by atoms with Gasteiger partial charge in [-0.2, -0.15) is 0 Å². The Balaban J connectivity index is 1.98. The topological polar surface area (TPSA) is 39.1 Å². The lowest BCUT2D eigenvalue weighted by atomic mass is 10.1. The molecule has 5 heteroatoms. The van der Waals surface area contributed by atoms with Crippen molar-refractivity contribution >= 4 is 0 Å². The Kier molecular flexibility index (Phi) is 3.21. The van der Waals surface area contributed by atoms with Crippen molar-refractivity contribution in [2.45, 2.75) is 12.3 Å². The zero-order chi connectivity index (χ0) is 13.2. The molecule has 1 unspecified atom stereocenters. The zero-order valence-corrected chi connectivity index (χ0v) is 10.8. The number of hydrogen-bond acceptors (Lipinski definition) is 3. The largest absolute Gasteiger partial charge is 0.494 e. The van der Waals surface area contributed by atoms with Gasteiger partial charge in [0.2, 0.25) is 0 Å². The number of ether oxygens (including phenoxy) is 1. The van der Waals surface area contributed by atoms with Gasteiger partial charge in [-0.25, -0.2) is 9.37 Å². The molecule has 0 saturated carbocycles. The number of halogens is 1. The quantitative estimate of drug-likeness (QED) is 0.919. The second kappa shape index (κ2) is 5.01. The van der Waals surface area contributed by atoms with Gasteiger partial charge in [0, 0.05) is 36.1 Å². The fraction of sp³-hybridized carbons (Fsp3) is 0.357. The maximum atomic E-state index is 13.8. The van der Waals surface area contributed by atoms with Gasteiger partial charge in [0.05, 0.1) is 13.4 Å². The highest BCUT2D eigenvalue weighted by Gasteiger charge is 2.21. The third kappa shape index (κ3) is 2.21. The molecule has 1 aliphatic heterocycles. The van der Waals surface area contributed by atoms with E-state index < -0.39 is 0 Å². The van der Waals surface area contributed by atoms with Gasteiger partial charge < -0.3 is 14.6 Å². The van der Waals surface area contributed by atoms with Crippen LogP contribution in [0.2, 0.25) is 0 Å². The summed E-state index contributed by atoms with van der Waals surface area (Å²) in [6, 6.07) is 4.96. The van der Waals surface area contributed by atoms with E-state index in [-0.39, 0.29) is 11.6 Å². The zero-order valence-electron chi connectivity index (χ0n) is 10.8. The molecule has 3 rings (SSSR count). The van der Waals surface area contributed by atoms with Crippen molar-refractivity contribution in [2.75, 3.05) is 20.2 Å². The van der Waals surface area contributed by atoms with E-state index >= 15 is 0 Å².